The molecule has 2 aromatic carbocycles. The van der Waals surface area contributed by atoms with Crippen LogP contribution in [-0.4, -0.2) is 45.0 Å². The summed E-state index contributed by atoms with van der Waals surface area (Å²) in [6, 6.07) is 15.6. The van der Waals surface area contributed by atoms with E-state index in [0.29, 0.717) is 11.1 Å². The number of rotatable bonds is 9. The van der Waals surface area contributed by atoms with Crippen molar-refractivity contribution in [3.63, 3.8) is 0 Å². The zero-order chi connectivity index (χ0) is 24.8. The van der Waals surface area contributed by atoms with Crippen molar-refractivity contribution < 1.29 is 33.4 Å². The van der Waals surface area contributed by atoms with E-state index in [2.05, 4.69) is 15.9 Å². The minimum absolute atomic E-state index is 0.508. The summed E-state index contributed by atoms with van der Waals surface area (Å²) >= 11 is 3.38. The van der Waals surface area contributed by atoms with Crippen LogP contribution in [0.3, 0.4) is 0 Å². The highest BCUT2D eigenvalue weighted by Gasteiger charge is 2.50. The second kappa shape index (κ2) is 11.2. The maximum atomic E-state index is 14.0. The molecule has 0 heterocycles. The fourth-order valence-electron chi connectivity index (χ4n) is 3.83. The third-order valence-corrected chi connectivity index (χ3v) is 6.16. The molecule has 33 heavy (non-hydrogen) atoms. The van der Waals surface area contributed by atoms with Gasteiger partial charge in [0.25, 0.3) is 0 Å². The van der Waals surface area contributed by atoms with Gasteiger partial charge in [0.15, 0.2) is 11.7 Å². The van der Waals surface area contributed by atoms with Crippen molar-refractivity contribution in [1.82, 2.24) is 0 Å². The normalized spacial score (nSPS) is 13.1. The molecule has 0 amide bonds. The fraction of sp³-hybridized carbons (Fsp3) is 0.360. The van der Waals surface area contributed by atoms with Crippen LogP contribution in [-0.2, 0) is 33.4 Å². The molecule has 0 bridgehead atoms. The monoisotopic (exact) mass is 518 g/mol. The highest BCUT2D eigenvalue weighted by Crippen LogP contribution is 2.44. The van der Waals surface area contributed by atoms with E-state index >= 15 is 0 Å². The summed E-state index contributed by atoms with van der Waals surface area (Å²) in [5, 5.41) is 0. The predicted octanol–water partition coefficient (Wildman–Crippen LogP) is 4.05. The molecule has 0 saturated heterocycles. The third-order valence-electron chi connectivity index (χ3n) is 5.64. The summed E-state index contributed by atoms with van der Waals surface area (Å²) in [4.78, 5) is 52.2. The summed E-state index contributed by atoms with van der Waals surface area (Å²) in [5.41, 5.74) is -0.494. The molecule has 0 radical (unpaired) electrons. The Bertz CT molecular complexity index is 983. The van der Waals surface area contributed by atoms with E-state index in [1.54, 1.807) is 54.6 Å². The molecule has 176 valence electrons. The minimum atomic E-state index is -1.56. The second-order valence-corrected chi connectivity index (χ2v) is 8.89. The summed E-state index contributed by atoms with van der Waals surface area (Å²) in [7, 11) is 3.52. The van der Waals surface area contributed by atoms with Crippen LogP contribution in [0.5, 0.6) is 0 Å². The number of carbonyl (C=O) groups excluding carboxylic acids is 4. The number of esters is 3. The number of carbonyl (C=O) groups is 4. The second-order valence-electron chi connectivity index (χ2n) is 7.97. The number of hydrogen-bond donors (Lipinski definition) is 0. The lowest BCUT2D eigenvalue weighted by Crippen LogP contribution is -2.43. The van der Waals surface area contributed by atoms with Gasteiger partial charge in [-0.3, -0.25) is 19.2 Å². The zero-order valence-electron chi connectivity index (χ0n) is 19.2. The molecular weight excluding hydrogens is 492 g/mol. The Labute approximate surface area is 201 Å². The van der Waals surface area contributed by atoms with Gasteiger partial charge in [-0.1, -0.05) is 58.4 Å². The Morgan fingerprint density at radius 1 is 0.758 bits per heavy atom. The van der Waals surface area contributed by atoms with Crippen LogP contribution in [0.15, 0.2) is 59.1 Å². The van der Waals surface area contributed by atoms with Crippen molar-refractivity contribution >= 4 is 39.6 Å². The highest BCUT2D eigenvalue weighted by molar-refractivity contribution is 9.10. The van der Waals surface area contributed by atoms with E-state index in [-0.39, 0.29) is 0 Å². The molecule has 2 atom stereocenters. The van der Waals surface area contributed by atoms with E-state index < -0.39 is 46.9 Å². The molecule has 0 aliphatic rings. The first-order chi connectivity index (χ1) is 15.6. The number of halogens is 1. The Morgan fingerprint density at radius 3 is 1.73 bits per heavy atom. The Balaban J connectivity index is 2.86. The van der Waals surface area contributed by atoms with E-state index in [0.717, 1.165) is 18.7 Å². The maximum Gasteiger partial charge on any atom is 0.320 e. The summed E-state index contributed by atoms with van der Waals surface area (Å²) in [5.74, 6) is -6.47. The predicted molar refractivity (Wildman–Crippen MR) is 124 cm³/mol. The molecular formula is C25H27BrO7. The SMILES string of the molecule is COC(=O)C(C(=O)OC)C(c1ccc(Br)cc1)C(C(=O)C(C)(C)C(=O)OC)c1ccccc1. The molecule has 0 spiro atoms. The number of ether oxygens (including phenoxy) is 3. The van der Waals surface area contributed by atoms with Gasteiger partial charge >= 0.3 is 17.9 Å². The molecule has 2 unspecified atom stereocenters. The Kier molecular flexibility index (Phi) is 8.93. The number of methoxy groups -OCH3 is 3. The van der Waals surface area contributed by atoms with E-state index in [1.807, 2.05) is 0 Å². The van der Waals surface area contributed by atoms with E-state index in [1.165, 1.54) is 21.0 Å². The average molecular weight is 519 g/mol. The van der Waals surface area contributed by atoms with Crippen LogP contribution >= 0.6 is 15.9 Å². The van der Waals surface area contributed by atoms with E-state index in [4.69, 9.17) is 14.2 Å². The molecule has 0 aliphatic heterocycles. The van der Waals surface area contributed by atoms with Gasteiger partial charge in [-0.25, -0.2) is 0 Å². The largest absolute Gasteiger partial charge is 0.468 e. The van der Waals surface area contributed by atoms with E-state index in [9.17, 15) is 19.2 Å². The quantitative estimate of drug-likeness (QED) is 0.280. The van der Waals surface area contributed by atoms with Crippen molar-refractivity contribution in [2.24, 2.45) is 11.3 Å². The molecule has 0 fully saturated rings. The fourth-order valence-corrected chi connectivity index (χ4v) is 4.10. The first kappa shape index (κ1) is 26.3. The molecule has 0 saturated carbocycles. The third kappa shape index (κ3) is 5.68. The van der Waals surface area contributed by atoms with Crippen molar-refractivity contribution in [2.45, 2.75) is 25.7 Å². The maximum absolute atomic E-state index is 14.0. The lowest BCUT2D eigenvalue weighted by atomic mass is 9.67. The lowest BCUT2D eigenvalue weighted by molar-refractivity contribution is -0.160. The number of Topliss-reactive ketones (excluding diaryl/α,β-unsaturated/α-hetero) is 1. The topological polar surface area (TPSA) is 96.0 Å². The van der Waals surface area contributed by atoms with Gasteiger partial charge in [0.1, 0.15) is 5.41 Å². The number of benzene rings is 2. The van der Waals surface area contributed by atoms with Crippen molar-refractivity contribution in [2.75, 3.05) is 21.3 Å². The summed E-state index contributed by atoms with van der Waals surface area (Å²) in [6.07, 6.45) is 0. The number of ketones is 1. The van der Waals surface area contributed by atoms with Gasteiger partial charge < -0.3 is 14.2 Å². The molecule has 0 aliphatic carbocycles. The first-order valence-electron chi connectivity index (χ1n) is 10.2. The van der Waals surface area contributed by atoms with Gasteiger partial charge in [0.05, 0.1) is 27.2 Å². The molecule has 0 N–H and O–H groups in total. The van der Waals surface area contributed by atoms with Crippen LogP contribution in [0.4, 0.5) is 0 Å². The molecule has 7 nitrogen and oxygen atoms in total. The minimum Gasteiger partial charge on any atom is -0.468 e. The van der Waals surface area contributed by atoms with Gasteiger partial charge in [0, 0.05) is 10.4 Å². The molecule has 0 aromatic heterocycles. The standard InChI is InChI=1S/C25H27BrO7/c1-25(2,24(30)33-5)21(27)19(15-9-7-6-8-10-15)18(16-11-13-17(26)14-12-16)20(22(28)31-3)23(29)32-4/h6-14,18-20H,1-5H3. The van der Waals surface area contributed by atoms with Crippen LogP contribution < -0.4 is 0 Å². The lowest BCUT2D eigenvalue weighted by Gasteiger charge is -2.34. The average Bonchev–Trinajstić information content (AvgIpc) is 2.83. The van der Waals surface area contributed by atoms with Crippen molar-refractivity contribution in [3.05, 3.63) is 70.2 Å². The van der Waals surface area contributed by atoms with Crippen molar-refractivity contribution in [3.8, 4) is 0 Å². The van der Waals surface area contributed by atoms with Crippen LogP contribution in [0.25, 0.3) is 0 Å². The molecule has 2 aromatic rings. The van der Waals surface area contributed by atoms with Crippen LogP contribution in [0.2, 0.25) is 0 Å². The van der Waals surface area contributed by atoms with Crippen LogP contribution in [0, 0.1) is 11.3 Å². The zero-order valence-corrected chi connectivity index (χ0v) is 20.7. The Morgan fingerprint density at radius 2 is 1.27 bits per heavy atom. The smallest absolute Gasteiger partial charge is 0.320 e. The Hall–Kier alpha value is -3.00. The van der Waals surface area contributed by atoms with Gasteiger partial charge in [0.2, 0.25) is 0 Å². The van der Waals surface area contributed by atoms with Gasteiger partial charge in [-0.2, -0.15) is 0 Å². The molecule has 8 heteroatoms. The summed E-state index contributed by atoms with van der Waals surface area (Å²) in [6.45, 7) is 2.92. The first-order valence-corrected chi connectivity index (χ1v) is 11.0. The van der Waals surface area contributed by atoms with Crippen molar-refractivity contribution in [1.29, 1.82) is 0 Å². The van der Waals surface area contributed by atoms with Crippen LogP contribution in [0.1, 0.15) is 36.8 Å². The van der Waals surface area contributed by atoms with Gasteiger partial charge in [-0.05, 0) is 37.1 Å². The summed E-state index contributed by atoms with van der Waals surface area (Å²) < 4.78 is 15.5. The highest BCUT2D eigenvalue weighted by atomic mass is 79.9. The van der Waals surface area contributed by atoms with Gasteiger partial charge in [-0.15, -0.1) is 0 Å². The number of hydrogen-bond acceptors (Lipinski definition) is 7. The molecule has 2 rings (SSSR count).